The molecule has 0 unspecified atom stereocenters. The molecule has 1 fully saturated rings. The molecule has 2 aromatic rings. The summed E-state index contributed by atoms with van der Waals surface area (Å²) in [6.45, 7) is 0. The smallest absolute Gasteiger partial charge is 0.299 e. The zero-order valence-corrected chi connectivity index (χ0v) is 14.6. The van der Waals surface area contributed by atoms with Crippen LogP contribution in [0.4, 0.5) is 17.1 Å². The van der Waals surface area contributed by atoms with Crippen molar-refractivity contribution in [3.8, 4) is 0 Å². The van der Waals surface area contributed by atoms with Gasteiger partial charge in [0.25, 0.3) is 17.3 Å². The first-order chi connectivity index (χ1) is 13.0. The molecule has 0 heterocycles. The number of hydrogen-bond acceptors (Lipinski definition) is 5. The monoisotopic (exact) mass is 369 g/mol. The Morgan fingerprint density at radius 2 is 1.59 bits per heavy atom. The van der Waals surface area contributed by atoms with Crippen LogP contribution in [0.5, 0.6) is 0 Å². The maximum Gasteiger partial charge on any atom is 0.299 e. The molecule has 1 amide bonds. The largest absolute Gasteiger partial charge is 0.316 e. The van der Waals surface area contributed by atoms with Crippen molar-refractivity contribution in [3.63, 3.8) is 0 Å². The number of carbonyl (C=O) groups is 1. The number of carbonyl (C=O) groups excluding carboxylic acids is 1. The molecule has 8 heteroatoms. The van der Waals surface area contributed by atoms with Gasteiger partial charge in [0.2, 0.25) is 0 Å². The van der Waals surface area contributed by atoms with E-state index in [0.29, 0.717) is 11.5 Å². The van der Waals surface area contributed by atoms with Gasteiger partial charge in [0.1, 0.15) is 5.69 Å². The van der Waals surface area contributed by atoms with Crippen LogP contribution in [0.15, 0.2) is 42.5 Å². The molecule has 8 nitrogen and oxygen atoms in total. The van der Waals surface area contributed by atoms with E-state index < -0.39 is 27.1 Å². The molecule has 0 atom stereocenters. The Balaban J connectivity index is 1.77. The number of nitrogens with zero attached hydrogens (tertiary/aromatic N) is 2. The number of nitrogens with one attached hydrogen (secondary N) is 1. The number of nitro groups is 2. The minimum absolute atomic E-state index is 0.0769. The third-order valence-electron chi connectivity index (χ3n) is 4.89. The van der Waals surface area contributed by atoms with E-state index in [1.54, 1.807) is 12.1 Å². The van der Waals surface area contributed by atoms with Gasteiger partial charge in [-0.3, -0.25) is 25.0 Å². The van der Waals surface area contributed by atoms with Gasteiger partial charge in [-0.1, -0.05) is 31.4 Å². The van der Waals surface area contributed by atoms with Crippen molar-refractivity contribution < 1.29 is 14.6 Å². The third-order valence-corrected chi connectivity index (χ3v) is 4.89. The second-order valence-electron chi connectivity index (χ2n) is 6.63. The highest BCUT2D eigenvalue weighted by Gasteiger charge is 2.21. The van der Waals surface area contributed by atoms with Crippen LogP contribution in [0.2, 0.25) is 0 Å². The summed E-state index contributed by atoms with van der Waals surface area (Å²) in [6.07, 6.45) is 6.01. The van der Waals surface area contributed by atoms with E-state index in [2.05, 4.69) is 5.32 Å². The van der Waals surface area contributed by atoms with Crippen molar-refractivity contribution >= 4 is 23.0 Å². The maximum atomic E-state index is 12.4. The average Bonchev–Trinajstić information content (AvgIpc) is 2.68. The van der Waals surface area contributed by atoms with E-state index in [1.165, 1.54) is 30.9 Å². The number of non-ortho nitro benzene ring substituents is 1. The molecule has 0 aromatic heterocycles. The Morgan fingerprint density at radius 3 is 2.19 bits per heavy atom. The molecule has 1 saturated carbocycles. The van der Waals surface area contributed by atoms with Crippen LogP contribution < -0.4 is 5.32 Å². The van der Waals surface area contributed by atoms with Gasteiger partial charge < -0.3 is 5.32 Å². The lowest BCUT2D eigenvalue weighted by Crippen LogP contribution is -2.13. The summed E-state index contributed by atoms with van der Waals surface area (Å²) in [5.41, 5.74) is 0.578. The normalized spacial score (nSPS) is 14.5. The third kappa shape index (κ3) is 4.28. The average molecular weight is 369 g/mol. The quantitative estimate of drug-likeness (QED) is 0.600. The number of rotatable bonds is 5. The van der Waals surface area contributed by atoms with Crippen molar-refractivity contribution in [1.29, 1.82) is 0 Å². The SMILES string of the molecule is O=C(Nc1ccc([N+](=O)[O-])cc1[N+](=O)[O-])c1ccc(C2CCCCC2)cc1. The molecular formula is C19H19N3O5. The number of nitro benzene ring substituents is 2. The second kappa shape index (κ2) is 7.94. The van der Waals surface area contributed by atoms with Crippen molar-refractivity contribution in [2.24, 2.45) is 0 Å². The van der Waals surface area contributed by atoms with E-state index in [4.69, 9.17) is 0 Å². The first-order valence-electron chi connectivity index (χ1n) is 8.80. The van der Waals surface area contributed by atoms with Gasteiger partial charge in [0, 0.05) is 11.6 Å². The van der Waals surface area contributed by atoms with Crippen LogP contribution in [0.3, 0.4) is 0 Å². The van der Waals surface area contributed by atoms with Gasteiger partial charge in [0.05, 0.1) is 15.9 Å². The molecule has 1 aliphatic carbocycles. The highest BCUT2D eigenvalue weighted by atomic mass is 16.6. The Bertz CT molecular complexity index is 873. The zero-order valence-electron chi connectivity index (χ0n) is 14.6. The van der Waals surface area contributed by atoms with Gasteiger partial charge in [-0.2, -0.15) is 0 Å². The lowest BCUT2D eigenvalue weighted by atomic mass is 9.84. The van der Waals surface area contributed by atoms with Crippen LogP contribution in [0.1, 0.15) is 53.9 Å². The van der Waals surface area contributed by atoms with E-state index in [1.807, 2.05) is 12.1 Å². The molecule has 0 saturated heterocycles. The Hall–Kier alpha value is -3.29. The van der Waals surface area contributed by atoms with Crippen LogP contribution in [-0.4, -0.2) is 15.8 Å². The van der Waals surface area contributed by atoms with Gasteiger partial charge in [0.15, 0.2) is 0 Å². The molecule has 2 aromatic carbocycles. The van der Waals surface area contributed by atoms with E-state index in [0.717, 1.165) is 25.0 Å². The van der Waals surface area contributed by atoms with Gasteiger partial charge >= 0.3 is 0 Å². The van der Waals surface area contributed by atoms with Gasteiger partial charge in [-0.25, -0.2) is 0 Å². The molecule has 27 heavy (non-hydrogen) atoms. The highest BCUT2D eigenvalue weighted by molar-refractivity contribution is 6.05. The topological polar surface area (TPSA) is 115 Å². The molecule has 1 N–H and O–H groups in total. The van der Waals surface area contributed by atoms with Crippen LogP contribution in [0.25, 0.3) is 0 Å². The summed E-state index contributed by atoms with van der Waals surface area (Å²) in [4.78, 5) is 32.9. The minimum Gasteiger partial charge on any atom is -0.316 e. The first kappa shape index (κ1) is 18.5. The summed E-state index contributed by atoms with van der Waals surface area (Å²) in [5.74, 6) is 0.0220. The maximum absolute atomic E-state index is 12.4. The number of benzene rings is 2. The lowest BCUT2D eigenvalue weighted by molar-refractivity contribution is -0.393. The molecule has 0 spiro atoms. The molecule has 140 valence electrons. The molecule has 0 bridgehead atoms. The summed E-state index contributed by atoms with van der Waals surface area (Å²) >= 11 is 0. The lowest BCUT2D eigenvalue weighted by Gasteiger charge is -2.22. The van der Waals surface area contributed by atoms with E-state index in [-0.39, 0.29) is 5.69 Å². The second-order valence-corrected chi connectivity index (χ2v) is 6.63. The van der Waals surface area contributed by atoms with Crippen molar-refractivity contribution in [1.82, 2.24) is 0 Å². The molecule has 0 aliphatic heterocycles. The molecule has 0 radical (unpaired) electrons. The van der Waals surface area contributed by atoms with Crippen LogP contribution in [0, 0.1) is 20.2 Å². The molecule has 3 rings (SSSR count). The zero-order chi connectivity index (χ0) is 19.4. The van der Waals surface area contributed by atoms with Crippen molar-refractivity contribution in [2.75, 3.05) is 5.32 Å². The fourth-order valence-corrected chi connectivity index (χ4v) is 3.43. The summed E-state index contributed by atoms with van der Waals surface area (Å²) in [7, 11) is 0. The predicted octanol–water partition coefficient (Wildman–Crippen LogP) is 4.80. The van der Waals surface area contributed by atoms with Gasteiger partial charge in [-0.15, -0.1) is 0 Å². The van der Waals surface area contributed by atoms with Gasteiger partial charge in [-0.05, 0) is 42.5 Å². The van der Waals surface area contributed by atoms with Crippen molar-refractivity contribution in [3.05, 3.63) is 73.8 Å². The Morgan fingerprint density at radius 1 is 0.926 bits per heavy atom. The van der Waals surface area contributed by atoms with E-state index in [9.17, 15) is 25.0 Å². The first-order valence-corrected chi connectivity index (χ1v) is 8.80. The van der Waals surface area contributed by atoms with Crippen molar-refractivity contribution in [2.45, 2.75) is 38.0 Å². The number of hydrogen-bond donors (Lipinski definition) is 1. The molecule has 1 aliphatic rings. The van der Waals surface area contributed by atoms with Crippen LogP contribution >= 0.6 is 0 Å². The molecular weight excluding hydrogens is 350 g/mol. The fraction of sp³-hybridized carbons (Fsp3) is 0.316. The Kier molecular flexibility index (Phi) is 5.44. The van der Waals surface area contributed by atoms with E-state index >= 15 is 0 Å². The standard InChI is InChI=1S/C19H19N3O5/c23-19(15-8-6-14(7-9-15)13-4-2-1-3-5-13)20-17-11-10-16(21(24)25)12-18(17)22(26)27/h6-13H,1-5H2,(H,20,23). The number of amides is 1. The summed E-state index contributed by atoms with van der Waals surface area (Å²) < 4.78 is 0. The summed E-state index contributed by atoms with van der Waals surface area (Å²) in [5, 5.41) is 24.4. The predicted molar refractivity (Wildman–Crippen MR) is 100.0 cm³/mol. The summed E-state index contributed by atoms with van der Waals surface area (Å²) in [6, 6.07) is 10.4. The minimum atomic E-state index is -0.755. The Labute approximate surface area is 155 Å². The number of anilines is 1. The van der Waals surface area contributed by atoms with Crippen LogP contribution in [-0.2, 0) is 0 Å². The highest BCUT2D eigenvalue weighted by Crippen LogP contribution is 2.33. The fourth-order valence-electron chi connectivity index (χ4n) is 3.43.